The topological polar surface area (TPSA) is 69.0 Å². The molecule has 152 valence electrons. The molecule has 0 saturated heterocycles. The van der Waals surface area contributed by atoms with Crippen molar-refractivity contribution in [3.8, 4) is 5.75 Å². The fraction of sp³-hybridized carbons (Fsp3) is 0.292. The Hall–Kier alpha value is -3.41. The summed E-state index contributed by atoms with van der Waals surface area (Å²) in [6.07, 6.45) is 2.86. The maximum atomic E-state index is 13.2. The van der Waals surface area contributed by atoms with Crippen molar-refractivity contribution in [3.63, 3.8) is 0 Å². The number of hydrogen-bond acceptors (Lipinski definition) is 5. The van der Waals surface area contributed by atoms with Crippen LogP contribution < -0.4 is 10.1 Å². The molecule has 2 aliphatic rings. The molecule has 5 rings (SSSR count). The number of Topliss-reactive ketones (excluding diaryl/α,β-unsaturated/α-hetero) is 1. The van der Waals surface area contributed by atoms with E-state index in [1.165, 1.54) is 6.33 Å². The second kappa shape index (κ2) is 7.13. The van der Waals surface area contributed by atoms with Crippen molar-refractivity contribution in [2.75, 3.05) is 5.32 Å². The molecule has 30 heavy (non-hydrogen) atoms. The molecular weight excluding hydrogens is 376 g/mol. The molecule has 0 spiro atoms. The molecule has 1 aliphatic heterocycles. The maximum Gasteiger partial charge on any atom is 0.226 e. The van der Waals surface area contributed by atoms with Gasteiger partial charge in [-0.2, -0.15) is 10.1 Å². The molecule has 3 aromatic rings. The van der Waals surface area contributed by atoms with Crippen molar-refractivity contribution in [2.45, 2.75) is 39.3 Å². The number of aromatic nitrogens is 3. The van der Waals surface area contributed by atoms with Gasteiger partial charge in [-0.05, 0) is 35.1 Å². The van der Waals surface area contributed by atoms with Crippen LogP contribution in [-0.2, 0) is 11.4 Å². The zero-order chi connectivity index (χ0) is 20.7. The summed E-state index contributed by atoms with van der Waals surface area (Å²) in [5.41, 5.74) is 3.74. The van der Waals surface area contributed by atoms with Crippen LogP contribution in [0.5, 0.6) is 5.75 Å². The maximum absolute atomic E-state index is 13.2. The van der Waals surface area contributed by atoms with Gasteiger partial charge in [0.05, 0.1) is 0 Å². The largest absolute Gasteiger partial charge is 0.489 e. The van der Waals surface area contributed by atoms with Crippen LogP contribution in [0.15, 0.2) is 72.2 Å². The summed E-state index contributed by atoms with van der Waals surface area (Å²) in [6, 6.07) is 17.7. The Bertz CT molecular complexity index is 1130. The normalized spacial score (nSPS) is 19.7. The number of ether oxygens (including phenoxy) is 1. The summed E-state index contributed by atoms with van der Waals surface area (Å²) < 4.78 is 7.82. The molecule has 1 aromatic heterocycles. The van der Waals surface area contributed by atoms with Gasteiger partial charge in [-0.3, -0.25) is 4.79 Å². The number of nitrogens with one attached hydrogen (secondary N) is 1. The monoisotopic (exact) mass is 400 g/mol. The molecule has 1 atom stereocenters. The van der Waals surface area contributed by atoms with Crippen LogP contribution in [0.3, 0.4) is 0 Å². The Morgan fingerprint density at radius 3 is 2.80 bits per heavy atom. The van der Waals surface area contributed by atoms with E-state index in [1.807, 2.05) is 54.6 Å². The van der Waals surface area contributed by atoms with Crippen LogP contribution in [0, 0.1) is 5.41 Å². The van der Waals surface area contributed by atoms with Gasteiger partial charge in [-0.25, -0.2) is 4.68 Å². The number of hydrogen-bond donors (Lipinski definition) is 1. The number of carbonyl (C=O) groups is 1. The van der Waals surface area contributed by atoms with Gasteiger partial charge in [-0.1, -0.05) is 56.3 Å². The Morgan fingerprint density at radius 1 is 1.13 bits per heavy atom. The zero-order valence-electron chi connectivity index (χ0n) is 17.1. The number of rotatable bonds is 4. The number of carbonyl (C=O) groups excluding carboxylic acids is 1. The summed E-state index contributed by atoms with van der Waals surface area (Å²) in [4.78, 5) is 17.5. The average Bonchev–Trinajstić information content (AvgIpc) is 3.19. The Balaban J connectivity index is 1.51. The van der Waals surface area contributed by atoms with Gasteiger partial charge in [0.1, 0.15) is 24.7 Å². The Labute approximate surface area is 175 Å². The highest BCUT2D eigenvalue weighted by Gasteiger charge is 2.41. The molecule has 0 fully saturated rings. The lowest BCUT2D eigenvalue weighted by atomic mass is 9.73. The van der Waals surface area contributed by atoms with Gasteiger partial charge < -0.3 is 10.1 Å². The van der Waals surface area contributed by atoms with E-state index in [-0.39, 0.29) is 17.2 Å². The molecule has 2 aromatic carbocycles. The van der Waals surface area contributed by atoms with Crippen molar-refractivity contribution in [3.05, 3.63) is 83.3 Å². The first-order valence-corrected chi connectivity index (χ1v) is 10.2. The SMILES string of the molecule is CC1(C)CC(=O)C2=C(C1)Nc1ncnn1C2c1cccc(OCc2ccccc2)c1. The highest BCUT2D eigenvalue weighted by molar-refractivity contribution is 6.00. The summed E-state index contributed by atoms with van der Waals surface area (Å²) in [5.74, 6) is 1.60. The van der Waals surface area contributed by atoms with Crippen LogP contribution in [0.2, 0.25) is 0 Å². The zero-order valence-corrected chi connectivity index (χ0v) is 17.1. The van der Waals surface area contributed by atoms with Crippen LogP contribution >= 0.6 is 0 Å². The van der Waals surface area contributed by atoms with Gasteiger partial charge in [0.25, 0.3) is 0 Å². The molecule has 6 heteroatoms. The van der Waals surface area contributed by atoms with E-state index in [2.05, 4.69) is 29.2 Å². The van der Waals surface area contributed by atoms with Gasteiger partial charge in [0, 0.05) is 17.7 Å². The predicted octanol–water partition coefficient (Wildman–Crippen LogP) is 4.52. The standard InChI is InChI=1S/C24H24N4O2/c1-24(2)12-19-21(20(29)13-24)22(28-23(27-19)25-15-26-28)17-9-6-10-18(11-17)30-14-16-7-4-3-5-8-16/h3-11,15,22H,12-14H2,1-2H3,(H,25,26,27). The smallest absolute Gasteiger partial charge is 0.226 e. The Morgan fingerprint density at radius 2 is 1.97 bits per heavy atom. The van der Waals surface area contributed by atoms with Gasteiger partial charge in [-0.15, -0.1) is 0 Å². The van der Waals surface area contributed by atoms with Gasteiger partial charge >= 0.3 is 0 Å². The first kappa shape index (κ1) is 18.6. The number of nitrogens with zero attached hydrogens (tertiary/aromatic N) is 3. The van der Waals surface area contributed by atoms with Crippen molar-refractivity contribution in [2.24, 2.45) is 5.41 Å². The minimum absolute atomic E-state index is 0.0731. The summed E-state index contributed by atoms with van der Waals surface area (Å²) in [7, 11) is 0. The number of ketones is 1. The lowest BCUT2D eigenvalue weighted by molar-refractivity contribution is -0.118. The van der Waals surface area contributed by atoms with E-state index in [0.29, 0.717) is 19.0 Å². The number of fused-ring (bicyclic) bond motifs is 1. The molecular formula is C24H24N4O2. The number of anilines is 1. The molecule has 0 radical (unpaired) electrons. The second-order valence-corrected chi connectivity index (χ2v) is 8.74. The van der Waals surface area contributed by atoms with E-state index >= 15 is 0 Å². The third-order valence-corrected chi connectivity index (χ3v) is 5.70. The molecule has 1 aliphatic carbocycles. The highest BCUT2D eigenvalue weighted by atomic mass is 16.5. The summed E-state index contributed by atoms with van der Waals surface area (Å²) in [5, 5.41) is 7.76. The lowest BCUT2D eigenvalue weighted by Gasteiger charge is -2.38. The third-order valence-electron chi connectivity index (χ3n) is 5.70. The highest BCUT2D eigenvalue weighted by Crippen LogP contribution is 2.45. The fourth-order valence-corrected chi connectivity index (χ4v) is 4.37. The molecule has 1 N–H and O–H groups in total. The number of benzene rings is 2. The van der Waals surface area contributed by atoms with E-state index in [1.54, 1.807) is 4.68 Å². The number of allylic oxidation sites excluding steroid dienone is 2. The quantitative estimate of drug-likeness (QED) is 0.698. The van der Waals surface area contributed by atoms with E-state index in [9.17, 15) is 4.79 Å². The van der Waals surface area contributed by atoms with Crippen LogP contribution in [0.25, 0.3) is 0 Å². The fourth-order valence-electron chi connectivity index (χ4n) is 4.37. The van der Waals surface area contributed by atoms with E-state index in [4.69, 9.17) is 4.74 Å². The second-order valence-electron chi connectivity index (χ2n) is 8.74. The van der Waals surface area contributed by atoms with Gasteiger partial charge in [0.15, 0.2) is 5.78 Å². The summed E-state index contributed by atoms with van der Waals surface area (Å²) >= 11 is 0. The molecule has 1 unspecified atom stereocenters. The molecule has 0 amide bonds. The van der Waals surface area contributed by atoms with E-state index in [0.717, 1.165) is 34.6 Å². The van der Waals surface area contributed by atoms with Crippen molar-refractivity contribution in [1.82, 2.24) is 14.8 Å². The van der Waals surface area contributed by atoms with Crippen molar-refractivity contribution in [1.29, 1.82) is 0 Å². The van der Waals surface area contributed by atoms with Crippen LogP contribution in [0.4, 0.5) is 5.95 Å². The molecule has 6 nitrogen and oxygen atoms in total. The van der Waals surface area contributed by atoms with Crippen LogP contribution in [-0.4, -0.2) is 20.5 Å². The molecule has 0 saturated carbocycles. The third kappa shape index (κ3) is 3.38. The minimum Gasteiger partial charge on any atom is -0.489 e. The average molecular weight is 400 g/mol. The van der Waals surface area contributed by atoms with E-state index < -0.39 is 0 Å². The Kier molecular flexibility index (Phi) is 4.42. The molecule has 0 bridgehead atoms. The predicted molar refractivity (Wildman–Crippen MR) is 114 cm³/mol. The lowest BCUT2D eigenvalue weighted by Crippen LogP contribution is -2.36. The summed E-state index contributed by atoms with van der Waals surface area (Å²) in [6.45, 7) is 4.75. The molecule has 2 heterocycles. The van der Waals surface area contributed by atoms with Crippen molar-refractivity contribution < 1.29 is 9.53 Å². The first-order chi connectivity index (χ1) is 14.5. The van der Waals surface area contributed by atoms with Crippen molar-refractivity contribution >= 4 is 11.7 Å². The first-order valence-electron chi connectivity index (χ1n) is 10.2. The van der Waals surface area contributed by atoms with Gasteiger partial charge in [0.2, 0.25) is 5.95 Å². The minimum atomic E-state index is -0.303. The van der Waals surface area contributed by atoms with Crippen LogP contribution in [0.1, 0.15) is 43.9 Å².